The molecule has 0 aliphatic heterocycles. The van der Waals surface area contributed by atoms with Crippen LogP contribution >= 0.6 is 12.4 Å². The van der Waals surface area contributed by atoms with E-state index in [0.717, 1.165) is 26.1 Å². The van der Waals surface area contributed by atoms with Crippen LogP contribution in [-0.4, -0.2) is 38.8 Å². The SMILES string of the molecule is CNCCC(=O)NCCCOC1CCCCC1.Cl. The van der Waals surface area contributed by atoms with E-state index in [4.69, 9.17) is 4.74 Å². The minimum absolute atomic E-state index is 0. The van der Waals surface area contributed by atoms with Crippen LogP contribution in [-0.2, 0) is 9.53 Å². The Balaban J connectivity index is 0.00000289. The van der Waals surface area contributed by atoms with Crippen LogP contribution in [0.25, 0.3) is 0 Å². The molecule has 1 amide bonds. The number of halogens is 1. The number of nitrogens with one attached hydrogen (secondary N) is 2. The largest absolute Gasteiger partial charge is 0.378 e. The first kappa shape index (κ1) is 17.7. The molecule has 0 aromatic heterocycles. The molecule has 0 saturated heterocycles. The minimum atomic E-state index is 0. The lowest BCUT2D eigenvalue weighted by Gasteiger charge is -2.21. The van der Waals surface area contributed by atoms with Gasteiger partial charge in [0.2, 0.25) is 5.91 Å². The van der Waals surface area contributed by atoms with Gasteiger partial charge in [-0.15, -0.1) is 12.4 Å². The highest BCUT2D eigenvalue weighted by molar-refractivity contribution is 5.85. The summed E-state index contributed by atoms with van der Waals surface area (Å²) in [6.45, 7) is 2.25. The first-order valence-electron chi connectivity index (χ1n) is 6.86. The summed E-state index contributed by atoms with van der Waals surface area (Å²) in [5.74, 6) is 0.122. The van der Waals surface area contributed by atoms with Crippen molar-refractivity contribution in [3.8, 4) is 0 Å². The lowest BCUT2D eigenvalue weighted by Crippen LogP contribution is -2.28. The average Bonchev–Trinajstić information content (AvgIpc) is 2.37. The third kappa shape index (κ3) is 8.72. The minimum Gasteiger partial charge on any atom is -0.378 e. The number of carbonyl (C=O) groups is 1. The molecule has 4 nitrogen and oxygen atoms in total. The molecule has 0 spiro atoms. The van der Waals surface area contributed by atoms with E-state index >= 15 is 0 Å². The predicted octanol–water partition coefficient (Wildman–Crippen LogP) is 1.87. The van der Waals surface area contributed by atoms with Crippen molar-refractivity contribution in [3.05, 3.63) is 0 Å². The van der Waals surface area contributed by atoms with Crippen molar-refractivity contribution >= 4 is 18.3 Å². The van der Waals surface area contributed by atoms with E-state index in [1.807, 2.05) is 7.05 Å². The maximum Gasteiger partial charge on any atom is 0.221 e. The number of ether oxygens (including phenoxy) is 1. The van der Waals surface area contributed by atoms with Crippen LogP contribution in [0, 0.1) is 0 Å². The van der Waals surface area contributed by atoms with Crippen molar-refractivity contribution in [2.24, 2.45) is 0 Å². The first-order chi connectivity index (χ1) is 8.33. The van der Waals surface area contributed by atoms with Crippen LogP contribution in [0.5, 0.6) is 0 Å². The molecular weight excluding hydrogens is 252 g/mol. The molecule has 1 saturated carbocycles. The molecule has 1 rings (SSSR count). The quantitative estimate of drug-likeness (QED) is 0.667. The third-order valence-electron chi connectivity index (χ3n) is 3.15. The Labute approximate surface area is 117 Å². The van der Waals surface area contributed by atoms with E-state index in [0.29, 0.717) is 12.5 Å². The molecule has 0 heterocycles. The van der Waals surface area contributed by atoms with Gasteiger partial charge in [-0.2, -0.15) is 0 Å². The van der Waals surface area contributed by atoms with Crippen molar-refractivity contribution in [3.63, 3.8) is 0 Å². The zero-order valence-electron chi connectivity index (χ0n) is 11.4. The van der Waals surface area contributed by atoms with Crippen LogP contribution in [0.3, 0.4) is 0 Å². The Kier molecular flexibility index (Phi) is 11.5. The highest BCUT2D eigenvalue weighted by Gasteiger charge is 2.12. The zero-order valence-corrected chi connectivity index (χ0v) is 12.2. The van der Waals surface area contributed by atoms with Crippen LogP contribution < -0.4 is 10.6 Å². The number of rotatable bonds is 8. The fourth-order valence-electron chi connectivity index (χ4n) is 2.11. The highest BCUT2D eigenvalue weighted by atomic mass is 35.5. The fraction of sp³-hybridized carbons (Fsp3) is 0.923. The lowest BCUT2D eigenvalue weighted by molar-refractivity contribution is -0.121. The summed E-state index contributed by atoms with van der Waals surface area (Å²) in [4.78, 5) is 11.3. The number of carbonyl (C=O) groups excluding carboxylic acids is 1. The van der Waals surface area contributed by atoms with E-state index in [1.54, 1.807) is 0 Å². The topological polar surface area (TPSA) is 50.4 Å². The van der Waals surface area contributed by atoms with Gasteiger partial charge in [-0.05, 0) is 26.3 Å². The van der Waals surface area contributed by atoms with Crippen LogP contribution in [0.4, 0.5) is 0 Å². The lowest BCUT2D eigenvalue weighted by atomic mass is 9.98. The molecule has 0 bridgehead atoms. The van der Waals surface area contributed by atoms with Crippen molar-refractivity contribution in [2.45, 2.75) is 51.0 Å². The van der Waals surface area contributed by atoms with E-state index in [9.17, 15) is 4.79 Å². The van der Waals surface area contributed by atoms with Crippen molar-refractivity contribution in [1.82, 2.24) is 10.6 Å². The summed E-state index contributed by atoms with van der Waals surface area (Å²) in [6, 6.07) is 0. The second kappa shape index (κ2) is 11.8. The third-order valence-corrected chi connectivity index (χ3v) is 3.15. The van der Waals surface area contributed by atoms with Crippen molar-refractivity contribution in [2.75, 3.05) is 26.7 Å². The van der Waals surface area contributed by atoms with E-state index < -0.39 is 0 Å². The second-order valence-corrected chi connectivity index (χ2v) is 4.69. The van der Waals surface area contributed by atoms with Gasteiger partial charge in [-0.25, -0.2) is 0 Å². The van der Waals surface area contributed by atoms with Gasteiger partial charge < -0.3 is 15.4 Å². The fourth-order valence-corrected chi connectivity index (χ4v) is 2.11. The van der Waals surface area contributed by atoms with Gasteiger partial charge >= 0.3 is 0 Å². The van der Waals surface area contributed by atoms with Crippen LogP contribution in [0.2, 0.25) is 0 Å². The van der Waals surface area contributed by atoms with E-state index in [2.05, 4.69) is 10.6 Å². The monoisotopic (exact) mass is 278 g/mol. The summed E-state index contributed by atoms with van der Waals surface area (Å²) in [6.07, 6.45) is 8.37. The van der Waals surface area contributed by atoms with Crippen LogP contribution in [0.1, 0.15) is 44.9 Å². The number of hydrogen-bond acceptors (Lipinski definition) is 3. The van der Waals surface area contributed by atoms with Gasteiger partial charge in [-0.3, -0.25) is 4.79 Å². The highest BCUT2D eigenvalue weighted by Crippen LogP contribution is 2.20. The Morgan fingerprint density at radius 3 is 2.61 bits per heavy atom. The standard InChI is InChI=1S/C13H26N2O2.ClH/c1-14-10-8-13(16)15-9-5-11-17-12-6-3-2-4-7-12;/h12,14H,2-11H2,1H3,(H,15,16);1H. The van der Waals surface area contributed by atoms with Gasteiger partial charge in [-0.1, -0.05) is 19.3 Å². The van der Waals surface area contributed by atoms with Gasteiger partial charge in [0.15, 0.2) is 0 Å². The van der Waals surface area contributed by atoms with Gasteiger partial charge in [0.1, 0.15) is 0 Å². The molecule has 5 heteroatoms. The van der Waals surface area contributed by atoms with E-state index in [-0.39, 0.29) is 18.3 Å². The predicted molar refractivity (Wildman–Crippen MR) is 76.2 cm³/mol. The average molecular weight is 279 g/mol. The molecule has 108 valence electrons. The van der Waals surface area contributed by atoms with Gasteiger partial charge in [0.25, 0.3) is 0 Å². The summed E-state index contributed by atoms with van der Waals surface area (Å²) in [5, 5.41) is 5.85. The molecule has 0 aromatic carbocycles. The Morgan fingerprint density at radius 1 is 1.22 bits per heavy atom. The molecule has 1 aliphatic rings. The molecule has 0 aromatic rings. The summed E-state index contributed by atoms with van der Waals surface area (Å²) >= 11 is 0. The first-order valence-corrected chi connectivity index (χ1v) is 6.86. The molecule has 2 N–H and O–H groups in total. The molecular formula is C13H27ClN2O2. The maximum absolute atomic E-state index is 11.3. The number of hydrogen-bond donors (Lipinski definition) is 2. The normalized spacial score (nSPS) is 16.1. The van der Waals surface area contributed by atoms with Crippen molar-refractivity contribution in [1.29, 1.82) is 0 Å². The number of amides is 1. The van der Waals surface area contributed by atoms with Gasteiger partial charge in [0, 0.05) is 26.1 Å². The Bertz CT molecular complexity index is 209. The van der Waals surface area contributed by atoms with Crippen molar-refractivity contribution < 1.29 is 9.53 Å². The summed E-state index contributed by atoms with van der Waals surface area (Å²) in [5.41, 5.74) is 0. The Hall–Kier alpha value is -0.320. The van der Waals surface area contributed by atoms with Gasteiger partial charge in [0.05, 0.1) is 6.10 Å². The summed E-state index contributed by atoms with van der Waals surface area (Å²) in [7, 11) is 1.85. The molecule has 18 heavy (non-hydrogen) atoms. The van der Waals surface area contributed by atoms with Crippen LogP contribution in [0.15, 0.2) is 0 Å². The zero-order chi connectivity index (χ0) is 12.3. The molecule has 1 aliphatic carbocycles. The summed E-state index contributed by atoms with van der Waals surface area (Å²) < 4.78 is 5.78. The van der Waals surface area contributed by atoms with E-state index in [1.165, 1.54) is 32.1 Å². The molecule has 1 fully saturated rings. The Morgan fingerprint density at radius 2 is 1.94 bits per heavy atom. The molecule has 0 atom stereocenters. The maximum atomic E-state index is 11.3. The molecule has 0 radical (unpaired) electrons. The molecule has 0 unspecified atom stereocenters. The smallest absolute Gasteiger partial charge is 0.221 e. The second-order valence-electron chi connectivity index (χ2n) is 4.69.